The van der Waals surface area contributed by atoms with E-state index in [0.717, 1.165) is 6.07 Å². The predicted octanol–water partition coefficient (Wildman–Crippen LogP) is 1.07. The number of nitrogen functional groups attached to an aromatic ring is 1. The molecule has 0 unspecified atom stereocenters. The van der Waals surface area contributed by atoms with Crippen LogP contribution in [0.2, 0.25) is 0 Å². The molecule has 2 aromatic carbocycles. The Morgan fingerprint density at radius 1 is 1.08 bits per heavy atom. The highest BCUT2D eigenvalue weighted by Gasteiger charge is 2.17. The zero-order valence-corrected chi connectivity index (χ0v) is 13.3. The Bertz CT molecular complexity index is 879. The zero-order valence-electron chi connectivity index (χ0n) is 13.3. The van der Waals surface area contributed by atoms with E-state index in [-0.39, 0.29) is 16.8 Å². The zero-order chi connectivity index (χ0) is 19.3. The third-order valence-corrected chi connectivity index (χ3v) is 3.25. The van der Waals surface area contributed by atoms with E-state index in [9.17, 15) is 24.5 Å². The maximum atomic E-state index is 11.9. The highest BCUT2D eigenvalue weighted by Crippen LogP contribution is 2.22. The molecule has 0 saturated heterocycles. The summed E-state index contributed by atoms with van der Waals surface area (Å²) in [6.45, 7) is -0.603. The molecule has 0 atom stereocenters. The Hall–Kier alpha value is -3.95. The normalized spacial score (nSPS) is 10.0. The minimum absolute atomic E-state index is 0.0938. The van der Waals surface area contributed by atoms with Gasteiger partial charge in [0, 0.05) is 17.3 Å². The van der Waals surface area contributed by atoms with Crippen LogP contribution in [-0.2, 0) is 9.53 Å². The summed E-state index contributed by atoms with van der Waals surface area (Å²) in [4.78, 5) is 44.7. The topological polar surface area (TPSA) is 168 Å². The molecule has 0 saturated carbocycles. The molecule has 10 nitrogen and oxygen atoms in total. The fraction of sp³-hybridized carbons (Fsp3) is 0.0625. The second-order valence-corrected chi connectivity index (χ2v) is 5.10. The number of carbonyl (C=O) groups is 3. The van der Waals surface area contributed by atoms with Crippen molar-refractivity contribution in [3.63, 3.8) is 0 Å². The van der Waals surface area contributed by atoms with Crippen LogP contribution in [0.4, 0.5) is 17.1 Å². The second kappa shape index (κ2) is 7.75. The van der Waals surface area contributed by atoms with Gasteiger partial charge in [-0.3, -0.25) is 19.7 Å². The lowest BCUT2D eigenvalue weighted by molar-refractivity contribution is -0.383. The number of hydrogen-bond acceptors (Lipinski definition) is 7. The van der Waals surface area contributed by atoms with E-state index in [1.807, 2.05) is 0 Å². The summed E-state index contributed by atoms with van der Waals surface area (Å²) in [7, 11) is 0. The third-order valence-electron chi connectivity index (χ3n) is 3.25. The van der Waals surface area contributed by atoms with Gasteiger partial charge in [0.2, 0.25) is 5.91 Å². The van der Waals surface area contributed by atoms with Crippen LogP contribution >= 0.6 is 0 Å². The average Bonchev–Trinajstić information content (AvgIpc) is 2.60. The summed E-state index contributed by atoms with van der Waals surface area (Å²) in [5.41, 5.74) is 10.6. The van der Waals surface area contributed by atoms with E-state index in [0.29, 0.717) is 5.69 Å². The number of amides is 2. The molecule has 10 heteroatoms. The number of esters is 1. The van der Waals surface area contributed by atoms with E-state index in [4.69, 9.17) is 16.2 Å². The van der Waals surface area contributed by atoms with Gasteiger partial charge in [0.15, 0.2) is 6.61 Å². The molecule has 2 aromatic rings. The lowest BCUT2D eigenvalue weighted by Gasteiger charge is -2.07. The highest BCUT2D eigenvalue weighted by molar-refractivity contribution is 5.97. The van der Waals surface area contributed by atoms with E-state index in [2.05, 4.69) is 5.32 Å². The Balaban J connectivity index is 1.94. The van der Waals surface area contributed by atoms with Gasteiger partial charge in [0.05, 0.1) is 10.5 Å². The van der Waals surface area contributed by atoms with Crippen molar-refractivity contribution in [3.8, 4) is 0 Å². The van der Waals surface area contributed by atoms with Crippen LogP contribution in [0.25, 0.3) is 0 Å². The summed E-state index contributed by atoms with van der Waals surface area (Å²) >= 11 is 0. The van der Waals surface area contributed by atoms with Gasteiger partial charge >= 0.3 is 5.97 Å². The first-order valence-electron chi connectivity index (χ1n) is 7.18. The number of nitro benzene ring substituents is 1. The largest absolute Gasteiger partial charge is 0.452 e. The van der Waals surface area contributed by atoms with E-state index < -0.39 is 35.0 Å². The van der Waals surface area contributed by atoms with Crippen molar-refractivity contribution in [2.75, 3.05) is 17.7 Å². The molecule has 0 radical (unpaired) electrons. The van der Waals surface area contributed by atoms with E-state index >= 15 is 0 Å². The molecule has 134 valence electrons. The number of nitro groups is 1. The standard InChI is InChI=1S/C16H14N4O6/c17-12-6-3-10(7-13(12)20(24)25)16(23)26-8-14(21)19-11-4-1-9(2-5-11)15(18)22/h1-7H,8,17H2,(H2,18,22)(H,19,21). The number of nitrogens with two attached hydrogens (primary N) is 2. The van der Waals surface area contributed by atoms with Crippen LogP contribution < -0.4 is 16.8 Å². The van der Waals surface area contributed by atoms with Crippen LogP contribution in [0.3, 0.4) is 0 Å². The van der Waals surface area contributed by atoms with Gasteiger partial charge in [0.1, 0.15) is 5.69 Å². The fourth-order valence-corrected chi connectivity index (χ4v) is 1.96. The van der Waals surface area contributed by atoms with Crippen molar-refractivity contribution in [2.24, 2.45) is 5.73 Å². The Labute approximate surface area is 146 Å². The minimum Gasteiger partial charge on any atom is -0.452 e. The van der Waals surface area contributed by atoms with Gasteiger partial charge in [-0.25, -0.2) is 4.79 Å². The molecule has 0 fully saturated rings. The van der Waals surface area contributed by atoms with Gasteiger partial charge in [-0.1, -0.05) is 0 Å². The smallest absolute Gasteiger partial charge is 0.338 e. The average molecular weight is 358 g/mol. The van der Waals surface area contributed by atoms with Crippen molar-refractivity contribution in [1.29, 1.82) is 0 Å². The molecule has 5 N–H and O–H groups in total. The Morgan fingerprint density at radius 3 is 2.27 bits per heavy atom. The second-order valence-electron chi connectivity index (χ2n) is 5.10. The monoisotopic (exact) mass is 358 g/mol. The van der Waals surface area contributed by atoms with Crippen molar-refractivity contribution in [3.05, 3.63) is 63.7 Å². The van der Waals surface area contributed by atoms with Gasteiger partial charge in [-0.15, -0.1) is 0 Å². The van der Waals surface area contributed by atoms with Gasteiger partial charge < -0.3 is 21.5 Å². The van der Waals surface area contributed by atoms with Crippen LogP contribution in [-0.4, -0.2) is 29.3 Å². The number of rotatable bonds is 6. The molecule has 0 bridgehead atoms. The molecular formula is C16H14N4O6. The number of primary amides is 1. The molecule has 2 rings (SSSR count). The van der Waals surface area contributed by atoms with Gasteiger partial charge in [-0.05, 0) is 36.4 Å². The molecule has 26 heavy (non-hydrogen) atoms. The van der Waals surface area contributed by atoms with Crippen molar-refractivity contribution in [1.82, 2.24) is 0 Å². The minimum atomic E-state index is -0.910. The van der Waals surface area contributed by atoms with Crippen LogP contribution in [0.15, 0.2) is 42.5 Å². The number of nitrogens with one attached hydrogen (secondary N) is 1. The summed E-state index contributed by atoms with van der Waals surface area (Å²) in [6.07, 6.45) is 0. The number of carbonyl (C=O) groups excluding carboxylic acids is 3. The number of hydrogen-bond donors (Lipinski definition) is 3. The van der Waals surface area contributed by atoms with Crippen LogP contribution in [0, 0.1) is 10.1 Å². The van der Waals surface area contributed by atoms with Crippen LogP contribution in [0.1, 0.15) is 20.7 Å². The lowest BCUT2D eigenvalue weighted by atomic mass is 10.2. The summed E-state index contributed by atoms with van der Waals surface area (Å²) in [5.74, 6) is -2.14. The molecule has 0 aliphatic rings. The maximum Gasteiger partial charge on any atom is 0.338 e. The molecule has 0 aliphatic heterocycles. The third kappa shape index (κ3) is 4.54. The highest BCUT2D eigenvalue weighted by atomic mass is 16.6. The van der Waals surface area contributed by atoms with Crippen LogP contribution in [0.5, 0.6) is 0 Å². The van der Waals surface area contributed by atoms with Crippen molar-refractivity contribution >= 4 is 34.8 Å². The maximum absolute atomic E-state index is 11.9. The molecule has 0 aromatic heterocycles. The Morgan fingerprint density at radius 2 is 1.69 bits per heavy atom. The van der Waals surface area contributed by atoms with Crippen molar-refractivity contribution in [2.45, 2.75) is 0 Å². The lowest BCUT2D eigenvalue weighted by Crippen LogP contribution is -2.21. The molecule has 0 spiro atoms. The quantitative estimate of drug-likeness (QED) is 0.300. The Kier molecular flexibility index (Phi) is 5.48. The van der Waals surface area contributed by atoms with E-state index in [1.54, 1.807) is 0 Å². The summed E-state index contributed by atoms with van der Waals surface area (Å²) in [5, 5.41) is 13.3. The first-order chi connectivity index (χ1) is 12.3. The van der Waals surface area contributed by atoms with Gasteiger partial charge in [-0.2, -0.15) is 0 Å². The number of ether oxygens (including phenoxy) is 1. The molecule has 0 aliphatic carbocycles. The molecule has 2 amide bonds. The van der Waals surface area contributed by atoms with E-state index in [1.165, 1.54) is 36.4 Å². The number of anilines is 2. The fourth-order valence-electron chi connectivity index (χ4n) is 1.96. The number of nitrogens with zero attached hydrogens (tertiary/aromatic N) is 1. The first-order valence-corrected chi connectivity index (χ1v) is 7.18. The summed E-state index contributed by atoms with van der Waals surface area (Å²) in [6, 6.07) is 9.21. The van der Waals surface area contributed by atoms with Crippen molar-refractivity contribution < 1.29 is 24.0 Å². The molecule has 0 heterocycles. The predicted molar refractivity (Wildman–Crippen MR) is 91.4 cm³/mol. The molecular weight excluding hydrogens is 344 g/mol. The number of benzene rings is 2. The summed E-state index contributed by atoms with van der Waals surface area (Å²) < 4.78 is 4.81. The SMILES string of the molecule is NC(=O)c1ccc(NC(=O)COC(=O)c2ccc(N)c([N+](=O)[O-])c2)cc1. The first kappa shape index (κ1) is 18.4. The van der Waals surface area contributed by atoms with Gasteiger partial charge in [0.25, 0.3) is 11.6 Å².